The van der Waals surface area contributed by atoms with Crippen molar-refractivity contribution in [3.05, 3.63) is 88.2 Å². The van der Waals surface area contributed by atoms with Gasteiger partial charge in [-0.2, -0.15) is 0 Å². The third-order valence-electron chi connectivity index (χ3n) is 4.48. The van der Waals surface area contributed by atoms with Crippen LogP contribution in [0.1, 0.15) is 34.6 Å². The topological polar surface area (TPSA) is 100 Å². The second-order valence-electron chi connectivity index (χ2n) is 6.46. The molecule has 0 aliphatic rings. The van der Waals surface area contributed by atoms with Crippen molar-refractivity contribution in [2.75, 3.05) is 0 Å². The normalized spacial score (nSPS) is 12.0. The summed E-state index contributed by atoms with van der Waals surface area (Å²) < 4.78 is 11.1. The predicted octanol–water partition coefficient (Wildman–Crippen LogP) is 3.52. The van der Waals surface area contributed by atoms with E-state index in [4.69, 9.17) is 9.15 Å². The molecule has 2 aromatic carbocycles. The van der Waals surface area contributed by atoms with Crippen molar-refractivity contribution >= 4 is 16.9 Å². The molecule has 0 radical (unpaired) electrons. The van der Waals surface area contributed by atoms with Gasteiger partial charge in [0.1, 0.15) is 12.4 Å². The van der Waals surface area contributed by atoms with Crippen LogP contribution < -0.4 is 15.7 Å². The van der Waals surface area contributed by atoms with Crippen molar-refractivity contribution in [3.8, 4) is 5.75 Å². The van der Waals surface area contributed by atoms with Crippen molar-refractivity contribution in [1.82, 2.24) is 15.3 Å². The first-order chi connectivity index (χ1) is 13.6. The van der Waals surface area contributed by atoms with Crippen LogP contribution in [0.4, 0.5) is 0 Å². The second kappa shape index (κ2) is 7.48. The van der Waals surface area contributed by atoms with Crippen LogP contribution in [-0.4, -0.2) is 15.9 Å². The SMILES string of the molecule is C[C@@H](NC(=O)c1occc1COc1ccccc1)c1ccc2[nH]c(=O)[nH]c2c1. The second-order valence-corrected chi connectivity index (χ2v) is 6.46. The number of imidazole rings is 1. The van der Waals surface area contributed by atoms with Crippen molar-refractivity contribution < 1.29 is 13.9 Å². The number of benzene rings is 2. The molecule has 1 amide bonds. The lowest BCUT2D eigenvalue weighted by atomic mass is 10.1. The molecule has 0 aliphatic carbocycles. The fourth-order valence-corrected chi connectivity index (χ4v) is 2.99. The highest BCUT2D eigenvalue weighted by atomic mass is 16.5. The van der Waals surface area contributed by atoms with E-state index in [0.717, 1.165) is 16.8 Å². The van der Waals surface area contributed by atoms with Crippen molar-refractivity contribution in [3.63, 3.8) is 0 Å². The van der Waals surface area contributed by atoms with Crippen LogP contribution in [0.2, 0.25) is 0 Å². The molecule has 1 atom stereocenters. The highest BCUT2D eigenvalue weighted by molar-refractivity contribution is 5.93. The first-order valence-electron chi connectivity index (χ1n) is 8.87. The number of aromatic amines is 2. The number of nitrogens with one attached hydrogen (secondary N) is 3. The van der Waals surface area contributed by atoms with E-state index >= 15 is 0 Å². The molecule has 28 heavy (non-hydrogen) atoms. The summed E-state index contributed by atoms with van der Waals surface area (Å²) in [4.78, 5) is 29.5. The number of hydrogen-bond acceptors (Lipinski definition) is 4. The van der Waals surface area contributed by atoms with Crippen LogP contribution in [0, 0.1) is 0 Å². The van der Waals surface area contributed by atoms with Crippen molar-refractivity contribution in [2.45, 2.75) is 19.6 Å². The number of rotatable bonds is 6. The Morgan fingerprint density at radius 3 is 2.71 bits per heavy atom. The molecule has 0 bridgehead atoms. The molecule has 0 aliphatic heterocycles. The lowest BCUT2D eigenvalue weighted by Crippen LogP contribution is -2.27. The minimum atomic E-state index is -0.327. The molecule has 7 heteroatoms. The van der Waals surface area contributed by atoms with Gasteiger partial charge in [-0.1, -0.05) is 24.3 Å². The van der Waals surface area contributed by atoms with Gasteiger partial charge >= 0.3 is 5.69 Å². The highest BCUT2D eigenvalue weighted by Gasteiger charge is 2.19. The lowest BCUT2D eigenvalue weighted by Gasteiger charge is -2.14. The maximum atomic E-state index is 12.7. The van der Waals surface area contributed by atoms with E-state index in [9.17, 15) is 9.59 Å². The fraction of sp³-hybridized carbons (Fsp3) is 0.143. The Morgan fingerprint density at radius 1 is 1.11 bits per heavy atom. The molecular weight excluding hydrogens is 358 g/mol. The van der Waals surface area contributed by atoms with E-state index in [-0.39, 0.29) is 30.0 Å². The molecular formula is C21H19N3O4. The van der Waals surface area contributed by atoms with Gasteiger partial charge in [0.05, 0.1) is 23.3 Å². The van der Waals surface area contributed by atoms with Gasteiger partial charge in [-0.05, 0) is 42.8 Å². The molecule has 2 aromatic heterocycles. The Morgan fingerprint density at radius 2 is 1.89 bits per heavy atom. The third-order valence-corrected chi connectivity index (χ3v) is 4.48. The van der Waals surface area contributed by atoms with E-state index in [1.54, 1.807) is 12.1 Å². The zero-order chi connectivity index (χ0) is 19.5. The lowest BCUT2D eigenvalue weighted by molar-refractivity contribution is 0.0908. The predicted molar refractivity (Wildman–Crippen MR) is 104 cm³/mol. The minimum absolute atomic E-state index is 0.221. The maximum absolute atomic E-state index is 12.7. The molecule has 0 saturated heterocycles. The number of ether oxygens (including phenoxy) is 1. The Labute approximate surface area is 160 Å². The van der Waals surface area contributed by atoms with E-state index in [1.165, 1.54) is 6.26 Å². The number of amides is 1. The van der Waals surface area contributed by atoms with Crippen LogP contribution in [-0.2, 0) is 6.61 Å². The van der Waals surface area contributed by atoms with Gasteiger partial charge in [-0.3, -0.25) is 4.79 Å². The van der Waals surface area contributed by atoms with Gasteiger partial charge in [0.2, 0.25) is 0 Å². The maximum Gasteiger partial charge on any atom is 0.323 e. The summed E-state index contributed by atoms with van der Waals surface area (Å²) in [5.41, 5.74) is 2.68. The Hall–Kier alpha value is -3.74. The summed E-state index contributed by atoms with van der Waals surface area (Å²) in [5, 5.41) is 2.92. The third kappa shape index (κ3) is 3.68. The summed E-state index contributed by atoms with van der Waals surface area (Å²) in [6.07, 6.45) is 1.47. The van der Waals surface area contributed by atoms with E-state index in [1.807, 2.05) is 49.4 Å². The number of furan rings is 1. The first-order valence-corrected chi connectivity index (χ1v) is 8.87. The Bertz CT molecular complexity index is 1160. The average molecular weight is 377 g/mol. The molecule has 0 saturated carbocycles. The van der Waals surface area contributed by atoms with Crippen LogP contribution in [0.3, 0.4) is 0 Å². The van der Waals surface area contributed by atoms with Crippen LogP contribution in [0.5, 0.6) is 5.75 Å². The molecule has 142 valence electrons. The van der Waals surface area contributed by atoms with Crippen molar-refractivity contribution in [1.29, 1.82) is 0 Å². The number of aromatic nitrogens is 2. The molecule has 4 aromatic rings. The number of fused-ring (bicyclic) bond motifs is 1. The summed E-state index contributed by atoms with van der Waals surface area (Å²) in [6.45, 7) is 2.10. The van der Waals surface area contributed by atoms with Gasteiger partial charge in [0.15, 0.2) is 5.76 Å². The number of para-hydroxylation sites is 1. The molecule has 0 unspecified atom stereocenters. The van der Waals surface area contributed by atoms with E-state index < -0.39 is 0 Å². The van der Waals surface area contributed by atoms with Crippen LogP contribution in [0.15, 0.2) is 70.1 Å². The van der Waals surface area contributed by atoms with Gasteiger partial charge in [0, 0.05) is 5.56 Å². The zero-order valence-electron chi connectivity index (χ0n) is 15.2. The molecule has 2 heterocycles. The monoisotopic (exact) mass is 377 g/mol. The van der Waals surface area contributed by atoms with Gasteiger partial charge < -0.3 is 24.4 Å². The summed E-state index contributed by atoms with van der Waals surface area (Å²) in [7, 11) is 0. The number of H-pyrrole nitrogens is 2. The number of carbonyl (C=O) groups excluding carboxylic acids is 1. The number of hydrogen-bond donors (Lipinski definition) is 3. The molecule has 7 nitrogen and oxygen atoms in total. The summed E-state index contributed by atoms with van der Waals surface area (Å²) >= 11 is 0. The number of carbonyl (C=O) groups is 1. The molecule has 3 N–H and O–H groups in total. The summed E-state index contributed by atoms with van der Waals surface area (Å²) in [5.74, 6) is 0.614. The highest BCUT2D eigenvalue weighted by Crippen LogP contribution is 2.20. The van der Waals surface area contributed by atoms with E-state index in [0.29, 0.717) is 11.1 Å². The smallest absolute Gasteiger partial charge is 0.323 e. The quantitative estimate of drug-likeness (QED) is 0.479. The Balaban J connectivity index is 1.45. The van der Waals surface area contributed by atoms with Crippen molar-refractivity contribution in [2.24, 2.45) is 0 Å². The fourth-order valence-electron chi connectivity index (χ4n) is 2.99. The van der Waals surface area contributed by atoms with Gasteiger partial charge in [-0.25, -0.2) is 4.79 Å². The van der Waals surface area contributed by atoms with Crippen LogP contribution >= 0.6 is 0 Å². The molecule has 4 rings (SSSR count). The van der Waals surface area contributed by atoms with E-state index in [2.05, 4.69) is 15.3 Å². The Kier molecular flexibility index (Phi) is 4.72. The van der Waals surface area contributed by atoms with Gasteiger partial charge in [0.25, 0.3) is 5.91 Å². The first kappa shape index (κ1) is 17.7. The molecule has 0 fully saturated rings. The zero-order valence-corrected chi connectivity index (χ0v) is 15.2. The minimum Gasteiger partial charge on any atom is -0.489 e. The average Bonchev–Trinajstić information content (AvgIpc) is 3.31. The largest absolute Gasteiger partial charge is 0.489 e. The van der Waals surface area contributed by atoms with Crippen LogP contribution in [0.25, 0.3) is 11.0 Å². The molecule has 0 spiro atoms. The van der Waals surface area contributed by atoms with Gasteiger partial charge in [-0.15, -0.1) is 0 Å². The standard InChI is InChI=1S/C21H19N3O4/c1-13(14-7-8-17-18(11-14)24-21(26)23-17)22-20(25)19-15(9-10-27-19)12-28-16-5-3-2-4-6-16/h2-11,13H,12H2,1H3,(H,22,25)(H2,23,24,26)/t13-/m1/s1. The summed E-state index contributed by atoms with van der Waals surface area (Å²) in [6, 6.07) is 16.3.